The van der Waals surface area contributed by atoms with Gasteiger partial charge in [0.05, 0.1) is 0 Å². The molecule has 1 N–H and O–H groups in total. The maximum atomic E-state index is 12.8. The minimum Gasteiger partial charge on any atom is -0.369 e. The van der Waals surface area contributed by atoms with Gasteiger partial charge in [-0.1, -0.05) is 0 Å². The maximum Gasteiger partial charge on any atom is 0.417 e. The molecule has 1 aliphatic rings. The molecule has 0 spiro atoms. The number of methoxy groups -OCH3 is 1. The van der Waals surface area contributed by atoms with Gasteiger partial charge in [0.25, 0.3) is 0 Å². The molecular weight excluding hydrogens is 219 g/mol. The number of ether oxygens (including phenoxy) is 1. The molecule has 0 aromatic heterocycles. The smallest absolute Gasteiger partial charge is 0.369 e. The second-order valence-corrected chi connectivity index (χ2v) is 4.53. The van der Waals surface area contributed by atoms with Crippen LogP contribution >= 0.6 is 0 Å². The van der Waals surface area contributed by atoms with Crippen molar-refractivity contribution in [3.05, 3.63) is 0 Å². The molecule has 0 heterocycles. The summed E-state index contributed by atoms with van der Waals surface area (Å²) in [6.45, 7) is 0.872. The SMILES string of the molecule is CNCCC1CCC(OC)(C(F)(F)F)CC1. The number of nitrogens with one attached hydrogen (secondary N) is 1. The predicted octanol–water partition coefficient (Wildman–Crippen LogP) is 2.73. The number of rotatable bonds is 4. The summed E-state index contributed by atoms with van der Waals surface area (Å²) in [7, 11) is 3.03. The minimum atomic E-state index is -4.24. The molecule has 1 fully saturated rings. The van der Waals surface area contributed by atoms with Crippen molar-refractivity contribution in [2.75, 3.05) is 20.7 Å². The Morgan fingerprint density at radius 3 is 2.25 bits per heavy atom. The van der Waals surface area contributed by atoms with Crippen LogP contribution in [-0.4, -0.2) is 32.5 Å². The fourth-order valence-electron chi connectivity index (χ4n) is 2.38. The Kier molecular flexibility index (Phi) is 4.62. The molecular formula is C11H20F3NO. The average molecular weight is 239 g/mol. The third kappa shape index (κ3) is 2.88. The van der Waals surface area contributed by atoms with Crippen LogP contribution in [0, 0.1) is 5.92 Å². The zero-order valence-corrected chi connectivity index (χ0v) is 9.86. The van der Waals surface area contributed by atoms with Gasteiger partial charge in [-0.05, 0) is 51.6 Å². The third-order valence-electron chi connectivity index (χ3n) is 3.62. The molecule has 1 aliphatic carbocycles. The van der Waals surface area contributed by atoms with Crippen LogP contribution in [0.1, 0.15) is 32.1 Å². The van der Waals surface area contributed by atoms with Gasteiger partial charge in [0.1, 0.15) is 0 Å². The van der Waals surface area contributed by atoms with E-state index in [9.17, 15) is 13.2 Å². The molecule has 0 radical (unpaired) electrons. The lowest BCUT2D eigenvalue weighted by Gasteiger charge is -2.40. The molecule has 96 valence electrons. The Morgan fingerprint density at radius 2 is 1.88 bits per heavy atom. The van der Waals surface area contributed by atoms with E-state index in [1.807, 2.05) is 7.05 Å². The largest absolute Gasteiger partial charge is 0.417 e. The Balaban J connectivity index is 2.51. The lowest BCUT2D eigenvalue weighted by atomic mass is 9.77. The second-order valence-electron chi connectivity index (χ2n) is 4.53. The molecule has 0 bridgehead atoms. The van der Waals surface area contributed by atoms with Crippen molar-refractivity contribution in [1.29, 1.82) is 0 Å². The fraction of sp³-hybridized carbons (Fsp3) is 1.00. The van der Waals surface area contributed by atoms with Gasteiger partial charge >= 0.3 is 6.18 Å². The Morgan fingerprint density at radius 1 is 1.31 bits per heavy atom. The number of halogens is 3. The van der Waals surface area contributed by atoms with Gasteiger partial charge in [0.2, 0.25) is 0 Å². The fourth-order valence-corrected chi connectivity index (χ4v) is 2.38. The Bertz CT molecular complexity index is 210. The normalized spacial score (nSPS) is 31.7. The van der Waals surface area contributed by atoms with Crippen LogP contribution in [0.5, 0.6) is 0 Å². The van der Waals surface area contributed by atoms with Crippen molar-refractivity contribution in [3.8, 4) is 0 Å². The summed E-state index contributed by atoms with van der Waals surface area (Å²) in [6.07, 6.45) is -1.88. The van der Waals surface area contributed by atoms with Gasteiger partial charge in [0, 0.05) is 7.11 Å². The number of hydrogen-bond acceptors (Lipinski definition) is 2. The van der Waals surface area contributed by atoms with E-state index in [-0.39, 0.29) is 12.8 Å². The number of alkyl halides is 3. The zero-order chi connectivity index (χ0) is 12.2. The highest BCUT2D eigenvalue weighted by Crippen LogP contribution is 2.45. The van der Waals surface area contributed by atoms with E-state index in [0.29, 0.717) is 18.8 Å². The summed E-state index contributed by atoms with van der Waals surface area (Å²) in [5.41, 5.74) is -1.89. The number of hydrogen-bond donors (Lipinski definition) is 1. The van der Waals surface area contributed by atoms with Crippen molar-refractivity contribution in [3.63, 3.8) is 0 Å². The van der Waals surface area contributed by atoms with Crippen LogP contribution in [0.15, 0.2) is 0 Å². The van der Waals surface area contributed by atoms with E-state index in [1.54, 1.807) is 0 Å². The Hall–Kier alpha value is -0.290. The zero-order valence-electron chi connectivity index (χ0n) is 9.86. The van der Waals surface area contributed by atoms with Crippen LogP contribution in [0.2, 0.25) is 0 Å². The highest BCUT2D eigenvalue weighted by molar-refractivity contribution is 4.93. The van der Waals surface area contributed by atoms with E-state index < -0.39 is 11.8 Å². The summed E-state index contributed by atoms with van der Waals surface area (Å²) >= 11 is 0. The van der Waals surface area contributed by atoms with Crippen LogP contribution in [0.4, 0.5) is 13.2 Å². The first-order valence-electron chi connectivity index (χ1n) is 5.71. The van der Waals surface area contributed by atoms with Crippen LogP contribution in [0.25, 0.3) is 0 Å². The molecule has 1 rings (SSSR count). The molecule has 0 aromatic carbocycles. The molecule has 0 aliphatic heterocycles. The lowest BCUT2D eigenvalue weighted by Crippen LogP contribution is -2.49. The van der Waals surface area contributed by atoms with Gasteiger partial charge in [-0.25, -0.2) is 0 Å². The van der Waals surface area contributed by atoms with Crippen molar-refractivity contribution < 1.29 is 17.9 Å². The van der Waals surface area contributed by atoms with Crippen LogP contribution in [0.3, 0.4) is 0 Å². The summed E-state index contributed by atoms with van der Waals surface area (Å²) in [4.78, 5) is 0. The van der Waals surface area contributed by atoms with E-state index in [4.69, 9.17) is 4.74 Å². The monoisotopic (exact) mass is 239 g/mol. The van der Waals surface area contributed by atoms with E-state index in [1.165, 1.54) is 7.11 Å². The molecule has 0 unspecified atom stereocenters. The van der Waals surface area contributed by atoms with Gasteiger partial charge in [0.15, 0.2) is 5.60 Å². The standard InChI is InChI=1S/C11H20F3NO/c1-15-8-5-9-3-6-10(16-2,7-4-9)11(12,13)14/h9,15H,3-8H2,1-2H3. The van der Waals surface area contributed by atoms with Crippen molar-refractivity contribution in [1.82, 2.24) is 5.32 Å². The molecule has 0 saturated heterocycles. The van der Waals surface area contributed by atoms with E-state index >= 15 is 0 Å². The third-order valence-corrected chi connectivity index (χ3v) is 3.62. The highest BCUT2D eigenvalue weighted by atomic mass is 19.4. The first kappa shape index (κ1) is 13.8. The first-order valence-corrected chi connectivity index (χ1v) is 5.71. The van der Waals surface area contributed by atoms with Gasteiger partial charge in [-0.3, -0.25) is 0 Å². The second kappa shape index (κ2) is 5.36. The molecule has 1 saturated carbocycles. The summed E-state index contributed by atoms with van der Waals surface area (Å²) in [5, 5.41) is 3.03. The summed E-state index contributed by atoms with van der Waals surface area (Å²) in [6, 6.07) is 0. The lowest BCUT2D eigenvalue weighted by molar-refractivity contribution is -0.281. The Labute approximate surface area is 94.5 Å². The molecule has 2 nitrogen and oxygen atoms in total. The van der Waals surface area contributed by atoms with E-state index in [2.05, 4.69) is 5.32 Å². The molecule has 0 amide bonds. The molecule has 5 heteroatoms. The average Bonchev–Trinajstić information content (AvgIpc) is 2.25. The van der Waals surface area contributed by atoms with Gasteiger partial charge < -0.3 is 10.1 Å². The van der Waals surface area contributed by atoms with Crippen molar-refractivity contribution in [2.45, 2.75) is 43.9 Å². The molecule has 0 aromatic rings. The van der Waals surface area contributed by atoms with E-state index in [0.717, 1.165) is 13.0 Å². The maximum absolute atomic E-state index is 12.8. The highest BCUT2D eigenvalue weighted by Gasteiger charge is 2.56. The molecule has 16 heavy (non-hydrogen) atoms. The topological polar surface area (TPSA) is 21.3 Å². The van der Waals surface area contributed by atoms with Crippen LogP contribution < -0.4 is 5.32 Å². The van der Waals surface area contributed by atoms with Crippen molar-refractivity contribution in [2.24, 2.45) is 5.92 Å². The summed E-state index contributed by atoms with van der Waals surface area (Å²) < 4.78 is 43.3. The minimum absolute atomic E-state index is 0.0986. The summed E-state index contributed by atoms with van der Waals surface area (Å²) in [5.74, 6) is 0.401. The quantitative estimate of drug-likeness (QED) is 0.814. The molecule has 0 atom stereocenters. The first-order chi connectivity index (χ1) is 7.45. The predicted molar refractivity (Wildman–Crippen MR) is 56.3 cm³/mol. The van der Waals surface area contributed by atoms with Crippen LogP contribution in [-0.2, 0) is 4.74 Å². The van der Waals surface area contributed by atoms with Gasteiger partial charge in [-0.2, -0.15) is 13.2 Å². The van der Waals surface area contributed by atoms with Gasteiger partial charge in [-0.15, -0.1) is 0 Å². The van der Waals surface area contributed by atoms with Crippen molar-refractivity contribution >= 4 is 0 Å².